The molecule has 2 amide bonds. The minimum absolute atomic E-state index is 0.137. The fourth-order valence-corrected chi connectivity index (χ4v) is 5.56. The van der Waals surface area contributed by atoms with E-state index in [1.54, 1.807) is 0 Å². The standard InChI is InChI=1S/C25H36N2O4/c1-17(2)22(26-20(28)11-18-9-7-6-8-10-18)23(30)31-14-21(29)27-16-25(5)13-19(27)12-24(3,4)15-25/h6-10,17,19,22H,11-16H2,1-5H3,(H,26,28)/t19-,22+,25-/m1/s1. The Labute approximate surface area is 185 Å². The highest BCUT2D eigenvalue weighted by atomic mass is 16.5. The van der Waals surface area contributed by atoms with Crippen molar-refractivity contribution in [3.05, 3.63) is 35.9 Å². The molecular formula is C25H36N2O4. The molecule has 6 heteroatoms. The van der Waals surface area contributed by atoms with Crippen molar-refractivity contribution in [2.24, 2.45) is 16.7 Å². The number of hydrogen-bond acceptors (Lipinski definition) is 4. The van der Waals surface area contributed by atoms with Gasteiger partial charge in [0, 0.05) is 12.6 Å². The molecule has 6 nitrogen and oxygen atoms in total. The van der Waals surface area contributed by atoms with Gasteiger partial charge < -0.3 is 15.0 Å². The Morgan fingerprint density at radius 1 is 1.13 bits per heavy atom. The van der Waals surface area contributed by atoms with Crippen LogP contribution >= 0.6 is 0 Å². The van der Waals surface area contributed by atoms with E-state index in [1.807, 2.05) is 49.1 Å². The van der Waals surface area contributed by atoms with Crippen molar-refractivity contribution < 1.29 is 19.1 Å². The molecule has 31 heavy (non-hydrogen) atoms. The van der Waals surface area contributed by atoms with E-state index < -0.39 is 12.0 Å². The molecule has 1 aromatic carbocycles. The maximum Gasteiger partial charge on any atom is 0.329 e. The Kier molecular flexibility index (Phi) is 6.77. The van der Waals surface area contributed by atoms with Gasteiger partial charge in [-0.05, 0) is 41.6 Å². The predicted molar refractivity (Wildman–Crippen MR) is 119 cm³/mol. The average Bonchev–Trinajstić information content (AvgIpc) is 2.93. The van der Waals surface area contributed by atoms with E-state index in [2.05, 4.69) is 26.1 Å². The smallest absolute Gasteiger partial charge is 0.329 e. The summed E-state index contributed by atoms with van der Waals surface area (Å²) in [4.78, 5) is 39.9. The second-order valence-corrected chi connectivity index (χ2v) is 10.8. The molecule has 1 saturated carbocycles. The average molecular weight is 429 g/mol. The maximum atomic E-state index is 12.9. The van der Waals surface area contributed by atoms with Gasteiger partial charge in [0.15, 0.2) is 6.61 Å². The van der Waals surface area contributed by atoms with Gasteiger partial charge in [0.2, 0.25) is 5.91 Å². The van der Waals surface area contributed by atoms with Crippen LogP contribution in [-0.2, 0) is 25.5 Å². The number of rotatable bonds is 7. The summed E-state index contributed by atoms with van der Waals surface area (Å²) in [5.41, 5.74) is 1.23. The van der Waals surface area contributed by atoms with E-state index in [0.717, 1.165) is 31.4 Å². The largest absolute Gasteiger partial charge is 0.454 e. The van der Waals surface area contributed by atoms with E-state index >= 15 is 0 Å². The first-order valence-electron chi connectivity index (χ1n) is 11.3. The van der Waals surface area contributed by atoms with E-state index in [1.165, 1.54) is 0 Å². The molecule has 3 atom stereocenters. The lowest BCUT2D eigenvalue weighted by Gasteiger charge is -2.39. The SMILES string of the molecule is CC(C)[C@H](NC(=O)Cc1ccccc1)C(=O)OCC(=O)N1C[C@]2(C)C[C@H]1CC(C)(C)C2. The van der Waals surface area contributed by atoms with Crippen molar-refractivity contribution in [2.75, 3.05) is 13.2 Å². The number of nitrogens with one attached hydrogen (secondary N) is 1. The van der Waals surface area contributed by atoms with Gasteiger partial charge in [0.05, 0.1) is 6.42 Å². The molecule has 2 aliphatic rings. The number of hydrogen-bond donors (Lipinski definition) is 1. The van der Waals surface area contributed by atoms with Crippen LogP contribution in [-0.4, -0.2) is 47.9 Å². The van der Waals surface area contributed by atoms with Crippen LogP contribution in [0, 0.1) is 16.7 Å². The van der Waals surface area contributed by atoms with Crippen molar-refractivity contribution in [3.63, 3.8) is 0 Å². The lowest BCUT2D eigenvalue weighted by molar-refractivity contribution is -0.156. The number of esters is 1. The number of benzene rings is 1. The van der Waals surface area contributed by atoms with E-state index in [4.69, 9.17) is 4.74 Å². The topological polar surface area (TPSA) is 75.7 Å². The summed E-state index contributed by atoms with van der Waals surface area (Å²) in [5, 5.41) is 2.77. The molecule has 0 radical (unpaired) electrons. The zero-order valence-electron chi connectivity index (χ0n) is 19.4. The number of likely N-dealkylation sites (tertiary alicyclic amines) is 1. The molecule has 1 aromatic rings. The van der Waals surface area contributed by atoms with E-state index in [-0.39, 0.29) is 47.6 Å². The monoisotopic (exact) mass is 428 g/mol. The van der Waals surface area contributed by atoms with Gasteiger partial charge >= 0.3 is 5.97 Å². The summed E-state index contributed by atoms with van der Waals surface area (Å²) in [6.07, 6.45) is 3.29. The predicted octanol–water partition coefficient (Wildman–Crippen LogP) is 3.34. The second-order valence-electron chi connectivity index (χ2n) is 10.8. The lowest BCUT2D eigenvalue weighted by atomic mass is 9.65. The first kappa shape index (κ1) is 23.3. The fourth-order valence-electron chi connectivity index (χ4n) is 5.56. The first-order chi connectivity index (χ1) is 14.5. The van der Waals surface area contributed by atoms with Crippen molar-refractivity contribution in [1.82, 2.24) is 10.2 Å². The number of fused-ring (bicyclic) bond motifs is 2. The van der Waals surface area contributed by atoms with Gasteiger partial charge in [0.1, 0.15) is 6.04 Å². The quantitative estimate of drug-likeness (QED) is 0.676. The minimum atomic E-state index is -0.779. The highest BCUT2D eigenvalue weighted by molar-refractivity contribution is 5.87. The van der Waals surface area contributed by atoms with Crippen molar-refractivity contribution in [3.8, 4) is 0 Å². The summed E-state index contributed by atoms with van der Waals surface area (Å²) in [5.74, 6) is -1.08. The van der Waals surface area contributed by atoms with Crippen molar-refractivity contribution in [2.45, 2.75) is 72.4 Å². The molecule has 1 aliphatic carbocycles. The number of carbonyl (C=O) groups is 3. The summed E-state index contributed by atoms with van der Waals surface area (Å²) in [7, 11) is 0. The Morgan fingerprint density at radius 2 is 1.81 bits per heavy atom. The summed E-state index contributed by atoms with van der Waals surface area (Å²) >= 11 is 0. The normalized spacial score (nSPS) is 25.2. The van der Waals surface area contributed by atoms with Crippen LogP contribution in [0.15, 0.2) is 30.3 Å². The molecule has 2 bridgehead atoms. The number of carbonyl (C=O) groups excluding carboxylic acids is 3. The van der Waals surface area contributed by atoms with Crippen molar-refractivity contribution in [1.29, 1.82) is 0 Å². The molecule has 0 unspecified atom stereocenters. The Balaban J connectivity index is 1.54. The summed E-state index contributed by atoms with van der Waals surface area (Å²) < 4.78 is 5.38. The third-order valence-electron chi connectivity index (χ3n) is 6.52. The Morgan fingerprint density at radius 3 is 2.45 bits per heavy atom. The molecule has 1 N–H and O–H groups in total. The highest BCUT2D eigenvalue weighted by Gasteiger charge is 2.51. The van der Waals surface area contributed by atoms with Crippen LogP contribution in [0.4, 0.5) is 0 Å². The van der Waals surface area contributed by atoms with Crippen LogP contribution in [0.5, 0.6) is 0 Å². The zero-order chi connectivity index (χ0) is 22.8. The van der Waals surface area contributed by atoms with Gasteiger partial charge in [0.25, 0.3) is 5.91 Å². The number of amides is 2. The van der Waals surface area contributed by atoms with Crippen LogP contribution in [0.3, 0.4) is 0 Å². The molecule has 2 fully saturated rings. The fraction of sp³-hybridized carbons (Fsp3) is 0.640. The summed E-state index contributed by atoms with van der Waals surface area (Å²) in [6.45, 7) is 10.9. The molecule has 170 valence electrons. The van der Waals surface area contributed by atoms with E-state index in [0.29, 0.717) is 0 Å². The Hall–Kier alpha value is -2.37. The van der Waals surface area contributed by atoms with Gasteiger partial charge in [-0.1, -0.05) is 65.0 Å². The summed E-state index contributed by atoms with van der Waals surface area (Å²) in [6, 6.07) is 8.81. The number of nitrogens with zero attached hydrogens (tertiary/aromatic N) is 1. The molecule has 1 heterocycles. The van der Waals surface area contributed by atoms with E-state index in [9.17, 15) is 14.4 Å². The highest BCUT2D eigenvalue weighted by Crippen LogP contribution is 2.52. The molecule has 1 saturated heterocycles. The molecule has 0 aromatic heterocycles. The third-order valence-corrected chi connectivity index (χ3v) is 6.52. The minimum Gasteiger partial charge on any atom is -0.454 e. The zero-order valence-corrected chi connectivity index (χ0v) is 19.4. The second kappa shape index (κ2) is 9.01. The van der Waals surface area contributed by atoms with Crippen LogP contribution < -0.4 is 5.32 Å². The molecule has 3 rings (SSSR count). The van der Waals surface area contributed by atoms with Crippen LogP contribution in [0.2, 0.25) is 0 Å². The Bertz CT molecular complexity index is 820. The number of ether oxygens (including phenoxy) is 1. The molecule has 1 aliphatic heterocycles. The molecule has 0 spiro atoms. The first-order valence-corrected chi connectivity index (χ1v) is 11.3. The van der Waals surface area contributed by atoms with Crippen LogP contribution in [0.25, 0.3) is 0 Å². The van der Waals surface area contributed by atoms with Gasteiger partial charge in [-0.15, -0.1) is 0 Å². The third kappa shape index (κ3) is 5.86. The lowest BCUT2D eigenvalue weighted by Crippen LogP contribution is -2.47. The maximum absolute atomic E-state index is 12.9. The molecular weight excluding hydrogens is 392 g/mol. The van der Waals surface area contributed by atoms with Crippen LogP contribution in [0.1, 0.15) is 59.4 Å². The van der Waals surface area contributed by atoms with Gasteiger partial charge in [-0.3, -0.25) is 9.59 Å². The van der Waals surface area contributed by atoms with Gasteiger partial charge in [-0.2, -0.15) is 0 Å². The van der Waals surface area contributed by atoms with Crippen molar-refractivity contribution >= 4 is 17.8 Å². The van der Waals surface area contributed by atoms with Gasteiger partial charge in [-0.25, -0.2) is 4.79 Å².